The van der Waals surface area contributed by atoms with Gasteiger partial charge in [0.2, 0.25) is 0 Å². The van der Waals surface area contributed by atoms with Gasteiger partial charge in [0.1, 0.15) is 0 Å². The van der Waals surface area contributed by atoms with Gasteiger partial charge in [0.25, 0.3) is 0 Å². The van der Waals surface area contributed by atoms with Crippen LogP contribution in [0.5, 0.6) is 0 Å². The van der Waals surface area contributed by atoms with Crippen molar-refractivity contribution in [1.29, 1.82) is 0 Å². The van der Waals surface area contributed by atoms with E-state index in [0.717, 1.165) is 6.61 Å². The van der Waals surface area contributed by atoms with E-state index >= 15 is 0 Å². The molecule has 0 N–H and O–H groups in total. The van der Waals surface area contributed by atoms with Gasteiger partial charge in [-0.2, -0.15) is 0 Å². The first-order chi connectivity index (χ1) is 9.24. The first-order valence-electron chi connectivity index (χ1n) is 8.54. The molecule has 0 aromatic heterocycles. The molecule has 2 heteroatoms. The van der Waals surface area contributed by atoms with E-state index in [-0.39, 0.29) is 0 Å². The number of rotatable bonds is 13. The van der Waals surface area contributed by atoms with Crippen LogP contribution >= 0.6 is 0 Å². The SMILES string of the molecule is CCCC[CH2][Sn](/[CH]=C/OCC)([CH2]CCC)[CH2]CCC. The molecule has 0 radical (unpaired) electrons. The fourth-order valence-electron chi connectivity index (χ4n) is 2.70. The normalized spacial score (nSPS) is 12.2. The molecule has 0 aliphatic carbocycles. The maximum atomic E-state index is 5.53. The van der Waals surface area contributed by atoms with E-state index in [2.05, 4.69) is 38.0 Å². The molecule has 0 atom stereocenters. The predicted molar refractivity (Wildman–Crippen MR) is 90.3 cm³/mol. The Morgan fingerprint density at radius 3 is 1.74 bits per heavy atom. The Bertz CT molecular complexity index is 205. The second kappa shape index (κ2) is 13.3. The van der Waals surface area contributed by atoms with Gasteiger partial charge in [-0.05, 0) is 0 Å². The van der Waals surface area contributed by atoms with E-state index in [1.807, 2.05) is 0 Å². The average Bonchev–Trinajstić information content (AvgIpc) is 2.43. The van der Waals surface area contributed by atoms with Crippen LogP contribution in [0.1, 0.15) is 72.6 Å². The van der Waals surface area contributed by atoms with Gasteiger partial charge in [-0.3, -0.25) is 0 Å². The molecule has 0 rings (SSSR count). The van der Waals surface area contributed by atoms with E-state index < -0.39 is 18.4 Å². The molecule has 0 amide bonds. The fourth-order valence-corrected chi connectivity index (χ4v) is 16.1. The molecule has 114 valence electrons. The Balaban J connectivity index is 4.62. The number of ether oxygens (including phenoxy) is 1. The van der Waals surface area contributed by atoms with Crippen molar-refractivity contribution in [2.75, 3.05) is 6.61 Å². The minimum atomic E-state index is -2.05. The van der Waals surface area contributed by atoms with Gasteiger partial charge >= 0.3 is 126 Å². The Morgan fingerprint density at radius 2 is 1.26 bits per heavy atom. The van der Waals surface area contributed by atoms with Gasteiger partial charge < -0.3 is 0 Å². The zero-order valence-corrected chi connectivity index (χ0v) is 16.7. The second-order valence-electron chi connectivity index (χ2n) is 5.78. The summed E-state index contributed by atoms with van der Waals surface area (Å²) in [5.74, 6) is 0. The van der Waals surface area contributed by atoms with E-state index in [9.17, 15) is 0 Å². The van der Waals surface area contributed by atoms with Crippen LogP contribution in [0.15, 0.2) is 10.4 Å². The van der Waals surface area contributed by atoms with E-state index in [1.165, 1.54) is 44.9 Å². The molecule has 0 spiro atoms. The molecule has 0 saturated heterocycles. The van der Waals surface area contributed by atoms with Crippen LogP contribution in [0.2, 0.25) is 13.3 Å². The third-order valence-electron chi connectivity index (χ3n) is 4.02. The summed E-state index contributed by atoms with van der Waals surface area (Å²) in [4.78, 5) is 0. The van der Waals surface area contributed by atoms with Crippen LogP contribution in [0.25, 0.3) is 0 Å². The maximum absolute atomic E-state index is 5.53. The molecule has 0 unspecified atom stereocenters. The van der Waals surface area contributed by atoms with Crippen molar-refractivity contribution in [3.63, 3.8) is 0 Å². The topological polar surface area (TPSA) is 9.23 Å². The Hall–Kier alpha value is 0.339. The van der Waals surface area contributed by atoms with Gasteiger partial charge in [0.15, 0.2) is 0 Å². The zero-order valence-electron chi connectivity index (χ0n) is 13.8. The van der Waals surface area contributed by atoms with Crippen molar-refractivity contribution in [1.82, 2.24) is 0 Å². The monoisotopic (exact) mass is 376 g/mol. The molecule has 0 heterocycles. The molecule has 0 saturated carbocycles. The molecule has 0 bridgehead atoms. The molecule has 1 nitrogen and oxygen atoms in total. The Morgan fingerprint density at radius 1 is 0.737 bits per heavy atom. The molecule has 0 aromatic carbocycles. The van der Waals surface area contributed by atoms with Gasteiger partial charge in [-0.1, -0.05) is 0 Å². The molecule has 0 aliphatic rings. The van der Waals surface area contributed by atoms with Gasteiger partial charge in [0.05, 0.1) is 0 Å². The van der Waals surface area contributed by atoms with Crippen LogP contribution in [0.4, 0.5) is 0 Å². The third-order valence-corrected chi connectivity index (χ3v) is 18.0. The number of unbranched alkanes of at least 4 members (excludes halogenated alkanes) is 4. The van der Waals surface area contributed by atoms with Crippen LogP contribution in [-0.4, -0.2) is 25.0 Å². The van der Waals surface area contributed by atoms with Crippen LogP contribution in [0.3, 0.4) is 0 Å². The van der Waals surface area contributed by atoms with Crippen LogP contribution in [0, 0.1) is 0 Å². The van der Waals surface area contributed by atoms with Crippen molar-refractivity contribution < 1.29 is 4.74 Å². The molecular weight excluding hydrogens is 339 g/mol. The van der Waals surface area contributed by atoms with Crippen LogP contribution in [-0.2, 0) is 4.74 Å². The summed E-state index contributed by atoms with van der Waals surface area (Å²) in [5, 5.41) is 0. The van der Waals surface area contributed by atoms with Crippen molar-refractivity contribution >= 4 is 18.4 Å². The van der Waals surface area contributed by atoms with Gasteiger partial charge in [-0.15, -0.1) is 0 Å². The van der Waals surface area contributed by atoms with Crippen molar-refractivity contribution in [3.05, 3.63) is 10.4 Å². The second-order valence-corrected chi connectivity index (χ2v) is 18.8. The van der Waals surface area contributed by atoms with Gasteiger partial charge in [-0.25, -0.2) is 0 Å². The Kier molecular flexibility index (Phi) is 13.6. The van der Waals surface area contributed by atoms with Crippen LogP contribution < -0.4 is 0 Å². The molecule has 0 aliphatic heterocycles. The fraction of sp³-hybridized carbons (Fsp3) is 0.882. The molecule has 19 heavy (non-hydrogen) atoms. The summed E-state index contributed by atoms with van der Waals surface area (Å²) in [7, 11) is 0. The van der Waals surface area contributed by atoms with Crippen molar-refractivity contribution in [3.8, 4) is 0 Å². The molecule has 0 aromatic rings. The van der Waals surface area contributed by atoms with Crippen molar-refractivity contribution in [2.24, 2.45) is 0 Å². The van der Waals surface area contributed by atoms with Gasteiger partial charge in [0, 0.05) is 0 Å². The summed E-state index contributed by atoms with van der Waals surface area (Å²) >= 11 is -2.05. The minimum absolute atomic E-state index is 0.814. The van der Waals surface area contributed by atoms with Crippen molar-refractivity contribution in [2.45, 2.75) is 86.0 Å². The number of hydrogen-bond acceptors (Lipinski definition) is 1. The standard InChI is InChI=1S/C5H11.C4H7O.2C4H9.Sn/c2*1-3-5-4-2;2*1-3-4-2;/h1,3-5H2,2H3;1,3H,4H2,2H3;2*1,3-4H2,2H3;. The molecular formula is C17H36OSn. The summed E-state index contributed by atoms with van der Waals surface area (Å²) in [5.41, 5.74) is 0. The zero-order chi connectivity index (χ0) is 14.4. The first kappa shape index (κ1) is 19.3. The quantitative estimate of drug-likeness (QED) is 0.208. The predicted octanol–water partition coefficient (Wildman–Crippen LogP) is 6.32. The number of hydrogen-bond donors (Lipinski definition) is 0. The molecule has 0 fully saturated rings. The average molecular weight is 375 g/mol. The first-order valence-corrected chi connectivity index (χ1v) is 16.2. The van der Waals surface area contributed by atoms with E-state index in [4.69, 9.17) is 4.74 Å². The summed E-state index contributed by atoms with van der Waals surface area (Å²) in [6, 6.07) is 0. The summed E-state index contributed by atoms with van der Waals surface area (Å²) in [6.07, 6.45) is 11.8. The van der Waals surface area contributed by atoms with E-state index in [1.54, 1.807) is 13.3 Å². The summed E-state index contributed by atoms with van der Waals surface area (Å²) < 4.78 is 12.8. The Labute approximate surface area is 126 Å². The summed E-state index contributed by atoms with van der Waals surface area (Å²) in [6.45, 7) is 9.86. The van der Waals surface area contributed by atoms with E-state index in [0.29, 0.717) is 0 Å². The third kappa shape index (κ3) is 9.81.